The van der Waals surface area contributed by atoms with Crippen LogP contribution in [-0.4, -0.2) is 33.2 Å². The summed E-state index contributed by atoms with van der Waals surface area (Å²) in [7, 11) is 1.31. The van der Waals surface area contributed by atoms with Crippen molar-refractivity contribution in [1.29, 1.82) is 0 Å². The summed E-state index contributed by atoms with van der Waals surface area (Å²) in [5, 5.41) is 17.9. The fraction of sp³-hybridized carbons (Fsp3) is 0.357. The van der Waals surface area contributed by atoms with Crippen LogP contribution < -0.4 is 0 Å². The lowest BCUT2D eigenvalue weighted by atomic mass is 10.1. The maximum atomic E-state index is 12.0. The highest BCUT2D eigenvalue weighted by molar-refractivity contribution is 5.89. The lowest BCUT2D eigenvalue weighted by molar-refractivity contribution is 0.0589. The lowest BCUT2D eigenvalue weighted by Gasteiger charge is -2.07. The molecule has 6 heteroatoms. The van der Waals surface area contributed by atoms with E-state index in [4.69, 9.17) is 4.74 Å². The molecule has 0 spiro atoms. The number of ether oxygens (including phenoxy) is 1. The van der Waals surface area contributed by atoms with E-state index in [9.17, 15) is 9.90 Å². The van der Waals surface area contributed by atoms with Crippen molar-refractivity contribution in [2.75, 3.05) is 7.11 Å². The Labute approximate surface area is 117 Å². The highest BCUT2D eigenvalue weighted by Gasteiger charge is 2.22. The zero-order chi connectivity index (χ0) is 14.5. The summed E-state index contributed by atoms with van der Waals surface area (Å²) >= 11 is 0. The highest BCUT2D eigenvalue weighted by atomic mass is 16.5. The van der Waals surface area contributed by atoms with Crippen LogP contribution in [0.1, 0.15) is 35.9 Å². The van der Waals surface area contributed by atoms with E-state index in [0.29, 0.717) is 17.8 Å². The van der Waals surface area contributed by atoms with Crippen LogP contribution in [0.3, 0.4) is 0 Å². The molecule has 0 aliphatic heterocycles. The van der Waals surface area contributed by atoms with Gasteiger partial charge in [-0.1, -0.05) is 30.7 Å². The van der Waals surface area contributed by atoms with Crippen molar-refractivity contribution in [2.45, 2.75) is 26.2 Å². The van der Waals surface area contributed by atoms with Gasteiger partial charge < -0.3 is 9.84 Å². The van der Waals surface area contributed by atoms with Crippen LogP contribution in [0.4, 0.5) is 0 Å². The summed E-state index contributed by atoms with van der Waals surface area (Å²) in [5.41, 5.74) is 1.26. The van der Waals surface area contributed by atoms with E-state index in [0.717, 1.165) is 12.8 Å². The van der Waals surface area contributed by atoms with E-state index in [1.165, 1.54) is 17.9 Å². The van der Waals surface area contributed by atoms with E-state index < -0.39 is 5.97 Å². The number of rotatable bonds is 5. The number of para-hydroxylation sites is 2. The summed E-state index contributed by atoms with van der Waals surface area (Å²) in [6, 6.07) is 6.65. The summed E-state index contributed by atoms with van der Waals surface area (Å²) in [6.07, 6.45) is 2.54. The van der Waals surface area contributed by atoms with Gasteiger partial charge in [0.05, 0.1) is 12.8 Å². The first-order valence-electron chi connectivity index (χ1n) is 6.50. The number of aromatic nitrogens is 3. The van der Waals surface area contributed by atoms with Crippen LogP contribution in [-0.2, 0) is 11.2 Å². The van der Waals surface area contributed by atoms with Gasteiger partial charge >= 0.3 is 5.97 Å². The van der Waals surface area contributed by atoms with Crippen LogP contribution in [0.2, 0.25) is 0 Å². The average molecular weight is 275 g/mol. The Kier molecular flexibility index (Phi) is 4.34. The molecule has 0 aliphatic rings. The van der Waals surface area contributed by atoms with E-state index >= 15 is 0 Å². The number of phenolic OH excluding ortho intramolecular Hbond substituents is 1. The molecule has 20 heavy (non-hydrogen) atoms. The third kappa shape index (κ3) is 2.64. The maximum Gasteiger partial charge on any atom is 0.358 e. The Morgan fingerprint density at radius 3 is 2.80 bits per heavy atom. The SMILES string of the molecule is CCCCc1nnn(-c2ccccc2O)c1C(=O)OC. The molecule has 0 bridgehead atoms. The Hall–Kier alpha value is -2.37. The number of hydrogen-bond donors (Lipinski definition) is 1. The van der Waals surface area contributed by atoms with E-state index in [1.807, 2.05) is 0 Å². The summed E-state index contributed by atoms with van der Waals surface area (Å²) in [4.78, 5) is 12.0. The minimum Gasteiger partial charge on any atom is -0.506 e. The molecule has 1 N–H and O–H groups in total. The van der Waals surface area contributed by atoms with Gasteiger partial charge in [-0.05, 0) is 25.0 Å². The number of carbonyl (C=O) groups excluding carboxylic acids is 1. The predicted octanol–water partition coefficient (Wildman–Crippen LogP) is 2.10. The van der Waals surface area contributed by atoms with Crippen molar-refractivity contribution < 1.29 is 14.6 Å². The summed E-state index contributed by atoms with van der Waals surface area (Å²) < 4.78 is 6.12. The third-order valence-electron chi connectivity index (χ3n) is 3.00. The number of esters is 1. The van der Waals surface area contributed by atoms with Gasteiger partial charge in [-0.2, -0.15) is 0 Å². The number of aryl methyl sites for hydroxylation is 1. The van der Waals surface area contributed by atoms with Crippen molar-refractivity contribution in [3.05, 3.63) is 35.7 Å². The molecule has 2 rings (SSSR count). The van der Waals surface area contributed by atoms with Crippen LogP contribution in [0.25, 0.3) is 5.69 Å². The van der Waals surface area contributed by atoms with Gasteiger partial charge in [0.25, 0.3) is 0 Å². The predicted molar refractivity (Wildman–Crippen MR) is 73.0 cm³/mol. The van der Waals surface area contributed by atoms with Crippen LogP contribution >= 0.6 is 0 Å². The molecule has 6 nitrogen and oxygen atoms in total. The first kappa shape index (κ1) is 14.0. The largest absolute Gasteiger partial charge is 0.506 e. The Balaban J connectivity index is 2.51. The molecular formula is C14H17N3O3. The van der Waals surface area contributed by atoms with Gasteiger partial charge in [0.2, 0.25) is 0 Å². The van der Waals surface area contributed by atoms with Gasteiger partial charge in [-0.15, -0.1) is 5.10 Å². The Morgan fingerprint density at radius 1 is 1.40 bits per heavy atom. The van der Waals surface area contributed by atoms with E-state index in [-0.39, 0.29) is 11.4 Å². The number of aromatic hydroxyl groups is 1. The van der Waals surface area contributed by atoms with Crippen molar-refractivity contribution in [2.24, 2.45) is 0 Å². The van der Waals surface area contributed by atoms with Gasteiger partial charge in [0.1, 0.15) is 11.4 Å². The smallest absolute Gasteiger partial charge is 0.358 e. The van der Waals surface area contributed by atoms with Gasteiger partial charge in [0.15, 0.2) is 5.69 Å². The molecule has 0 unspecified atom stereocenters. The number of methoxy groups -OCH3 is 1. The van der Waals surface area contributed by atoms with Crippen LogP contribution in [0.5, 0.6) is 5.75 Å². The zero-order valence-corrected chi connectivity index (χ0v) is 11.5. The lowest BCUT2D eigenvalue weighted by Crippen LogP contribution is -2.12. The normalized spacial score (nSPS) is 10.5. The first-order chi connectivity index (χ1) is 9.69. The number of unbranched alkanes of at least 4 members (excludes halogenated alkanes) is 1. The minimum atomic E-state index is -0.510. The molecular weight excluding hydrogens is 258 g/mol. The molecule has 0 saturated carbocycles. The summed E-state index contributed by atoms with van der Waals surface area (Å²) in [5.74, 6) is -0.478. The second kappa shape index (κ2) is 6.18. The zero-order valence-electron chi connectivity index (χ0n) is 11.5. The molecule has 1 aromatic carbocycles. The Bertz CT molecular complexity index is 607. The molecule has 0 fully saturated rings. The van der Waals surface area contributed by atoms with Gasteiger partial charge in [0, 0.05) is 0 Å². The monoisotopic (exact) mass is 275 g/mol. The minimum absolute atomic E-state index is 0.0320. The van der Waals surface area contributed by atoms with Crippen molar-refractivity contribution in [1.82, 2.24) is 15.0 Å². The molecule has 0 amide bonds. The quantitative estimate of drug-likeness (QED) is 0.845. The van der Waals surface area contributed by atoms with E-state index in [1.54, 1.807) is 18.2 Å². The second-order valence-corrected chi connectivity index (χ2v) is 4.38. The number of carbonyl (C=O) groups is 1. The summed E-state index contributed by atoms with van der Waals surface area (Å²) in [6.45, 7) is 2.06. The average Bonchev–Trinajstić information content (AvgIpc) is 2.88. The van der Waals surface area contributed by atoms with Gasteiger partial charge in [-0.25, -0.2) is 9.48 Å². The molecule has 1 heterocycles. The molecule has 2 aromatic rings. The van der Waals surface area contributed by atoms with Crippen molar-refractivity contribution >= 4 is 5.97 Å². The molecule has 0 aliphatic carbocycles. The van der Waals surface area contributed by atoms with Crippen LogP contribution in [0.15, 0.2) is 24.3 Å². The van der Waals surface area contributed by atoms with E-state index in [2.05, 4.69) is 17.2 Å². The fourth-order valence-electron chi connectivity index (χ4n) is 1.94. The number of benzene rings is 1. The van der Waals surface area contributed by atoms with Crippen molar-refractivity contribution in [3.8, 4) is 11.4 Å². The second-order valence-electron chi connectivity index (χ2n) is 4.38. The third-order valence-corrected chi connectivity index (χ3v) is 3.00. The number of hydrogen-bond acceptors (Lipinski definition) is 5. The van der Waals surface area contributed by atoms with Gasteiger partial charge in [-0.3, -0.25) is 0 Å². The molecule has 106 valence electrons. The number of nitrogens with zero attached hydrogens (tertiary/aromatic N) is 3. The van der Waals surface area contributed by atoms with Crippen LogP contribution in [0, 0.1) is 0 Å². The highest BCUT2D eigenvalue weighted by Crippen LogP contribution is 2.23. The first-order valence-corrected chi connectivity index (χ1v) is 6.50. The molecule has 1 aromatic heterocycles. The topological polar surface area (TPSA) is 77.2 Å². The van der Waals surface area contributed by atoms with Crippen molar-refractivity contribution in [3.63, 3.8) is 0 Å². The Morgan fingerprint density at radius 2 is 2.15 bits per heavy atom. The fourth-order valence-corrected chi connectivity index (χ4v) is 1.94. The molecule has 0 atom stereocenters. The number of phenols is 1. The maximum absolute atomic E-state index is 12.0. The standard InChI is InChI=1S/C14H17N3O3/c1-3-4-7-10-13(14(19)20-2)17(16-15-10)11-8-5-6-9-12(11)18/h5-6,8-9,18H,3-4,7H2,1-2H3. The molecule has 0 saturated heterocycles. The molecule has 0 radical (unpaired) electrons.